The molecular formula is C15H20N4O2. The number of rotatable bonds is 4. The zero-order chi connectivity index (χ0) is 14.7. The molecule has 3 heterocycles. The summed E-state index contributed by atoms with van der Waals surface area (Å²) in [5.74, 6) is 2.32. The molecule has 6 heteroatoms. The lowest BCUT2D eigenvalue weighted by Crippen LogP contribution is -2.39. The maximum absolute atomic E-state index is 12.3. The number of hydrogen-bond acceptors (Lipinski definition) is 4. The van der Waals surface area contributed by atoms with Crippen molar-refractivity contribution >= 4 is 5.91 Å². The molecule has 0 aliphatic carbocycles. The molecule has 21 heavy (non-hydrogen) atoms. The average Bonchev–Trinajstić information content (AvgIpc) is 3.16. The minimum Gasteiger partial charge on any atom is -0.469 e. The fourth-order valence-electron chi connectivity index (χ4n) is 2.92. The minimum absolute atomic E-state index is 0.193. The molecule has 0 radical (unpaired) electrons. The van der Waals surface area contributed by atoms with Gasteiger partial charge in [-0.3, -0.25) is 4.79 Å². The first-order chi connectivity index (χ1) is 10.2. The molecule has 1 amide bonds. The van der Waals surface area contributed by atoms with Crippen LogP contribution in [0.4, 0.5) is 0 Å². The molecule has 0 N–H and O–H groups in total. The van der Waals surface area contributed by atoms with Crippen molar-refractivity contribution in [3.63, 3.8) is 0 Å². The van der Waals surface area contributed by atoms with Crippen LogP contribution in [0.5, 0.6) is 0 Å². The summed E-state index contributed by atoms with van der Waals surface area (Å²) in [6.45, 7) is 1.58. The van der Waals surface area contributed by atoms with E-state index in [2.05, 4.69) is 10.2 Å². The standard InChI is InChI=1S/C15H20N4O2/c1-18-11-16-17-15(18)12-4-2-8-19(10-12)14(20)7-6-13-5-3-9-21-13/h3,5,9,11-12H,2,4,6-8,10H2,1H3/t12-/m0/s1. The first-order valence-electron chi connectivity index (χ1n) is 7.38. The van der Waals surface area contributed by atoms with Gasteiger partial charge in [0.2, 0.25) is 5.91 Å². The Morgan fingerprint density at radius 1 is 1.52 bits per heavy atom. The van der Waals surface area contributed by atoms with E-state index in [-0.39, 0.29) is 5.91 Å². The van der Waals surface area contributed by atoms with E-state index in [0.717, 1.165) is 37.5 Å². The zero-order valence-corrected chi connectivity index (χ0v) is 12.2. The van der Waals surface area contributed by atoms with Gasteiger partial charge in [-0.2, -0.15) is 0 Å². The summed E-state index contributed by atoms with van der Waals surface area (Å²) < 4.78 is 7.22. The molecule has 3 rings (SSSR count). The number of likely N-dealkylation sites (tertiary alicyclic amines) is 1. The third-order valence-electron chi connectivity index (χ3n) is 4.05. The zero-order valence-electron chi connectivity index (χ0n) is 12.2. The monoisotopic (exact) mass is 288 g/mol. The van der Waals surface area contributed by atoms with Gasteiger partial charge in [-0.05, 0) is 25.0 Å². The van der Waals surface area contributed by atoms with Crippen molar-refractivity contribution in [3.05, 3.63) is 36.3 Å². The van der Waals surface area contributed by atoms with Gasteiger partial charge in [0.05, 0.1) is 6.26 Å². The lowest BCUT2D eigenvalue weighted by atomic mass is 9.96. The summed E-state index contributed by atoms with van der Waals surface area (Å²) in [5.41, 5.74) is 0. The van der Waals surface area contributed by atoms with Crippen LogP contribution in [0, 0.1) is 0 Å². The first kappa shape index (κ1) is 13.9. The Morgan fingerprint density at radius 3 is 3.14 bits per heavy atom. The van der Waals surface area contributed by atoms with Gasteiger partial charge in [0.25, 0.3) is 0 Å². The molecule has 1 saturated heterocycles. The van der Waals surface area contributed by atoms with Crippen LogP contribution in [0.15, 0.2) is 29.1 Å². The van der Waals surface area contributed by atoms with E-state index in [4.69, 9.17) is 4.42 Å². The lowest BCUT2D eigenvalue weighted by Gasteiger charge is -2.32. The lowest BCUT2D eigenvalue weighted by molar-refractivity contribution is -0.132. The van der Waals surface area contributed by atoms with Gasteiger partial charge in [-0.25, -0.2) is 0 Å². The summed E-state index contributed by atoms with van der Waals surface area (Å²) in [6, 6.07) is 3.76. The minimum atomic E-state index is 0.193. The van der Waals surface area contributed by atoms with Crippen molar-refractivity contribution in [2.45, 2.75) is 31.6 Å². The maximum atomic E-state index is 12.3. The first-order valence-corrected chi connectivity index (χ1v) is 7.38. The Hall–Kier alpha value is -2.11. The van der Waals surface area contributed by atoms with E-state index in [1.54, 1.807) is 12.6 Å². The third kappa shape index (κ3) is 3.15. The number of nitrogens with zero attached hydrogens (tertiary/aromatic N) is 4. The Kier molecular flexibility index (Phi) is 4.03. The van der Waals surface area contributed by atoms with E-state index in [9.17, 15) is 4.79 Å². The Balaban J connectivity index is 1.58. The highest BCUT2D eigenvalue weighted by molar-refractivity contribution is 5.76. The Bertz CT molecular complexity index is 591. The molecule has 2 aromatic rings. The van der Waals surface area contributed by atoms with Crippen LogP contribution in [0.25, 0.3) is 0 Å². The number of aromatic nitrogens is 3. The second-order valence-corrected chi connectivity index (χ2v) is 5.56. The second kappa shape index (κ2) is 6.11. The molecule has 0 bridgehead atoms. The SMILES string of the molecule is Cn1cnnc1[C@H]1CCCN(C(=O)CCc2ccco2)C1. The van der Waals surface area contributed by atoms with Gasteiger partial charge in [-0.15, -0.1) is 10.2 Å². The molecule has 1 aliphatic rings. The van der Waals surface area contributed by atoms with Crippen LogP contribution in [0.3, 0.4) is 0 Å². The summed E-state index contributed by atoms with van der Waals surface area (Å²) in [5, 5.41) is 8.11. The third-order valence-corrected chi connectivity index (χ3v) is 4.05. The number of amides is 1. The van der Waals surface area contributed by atoms with Crippen LogP contribution in [0.2, 0.25) is 0 Å². The van der Waals surface area contributed by atoms with Crippen LogP contribution in [-0.4, -0.2) is 38.7 Å². The fourth-order valence-corrected chi connectivity index (χ4v) is 2.92. The molecule has 112 valence electrons. The van der Waals surface area contributed by atoms with Crippen LogP contribution in [-0.2, 0) is 18.3 Å². The smallest absolute Gasteiger partial charge is 0.223 e. The number of hydrogen-bond donors (Lipinski definition) is 0. The quantitative estimate of drug-likeness (QED) is 0.859. The van der Waals surface area contributed by atoms with Crippen molar-refractivity contribution in [2.75, 3.05) is 13.1 Å². The maximum Gasteiger partial charge on any atom is 0.223 e. The number of piperidine rings is 1. The van der Waals surface area contributed by atoms with Gasteiger partial charge < -0.3 is 13.9 Å². The highest BCUT2D eigenvalue weighted by atomic mass is 16.3. The molecule has 0 spiro atoms. The number of carbonyl (C=O) groups is 1. The molecule has 0 unspecified atom stereocenters. The van der Waals surface area contributed by atoms with Gasteiger partial charge in [0.1, 0.15) is 17.9 Å². The molecule has 6 nitrogen and oxygen atoms in total. The van der Waals surface area contributed by atoms with E-state index in [0.29, 0.717) is 18.8 Å². The van der Waals surface area contributed by atoms with E-state index >= 15 is 0 Å². The highest BCUT2D eigenvalue weighted by Gasteiger charge is 2.27. The van der Waals surface area contributed by atoms with Gasteiger partial charge >= 0.3 is 0 Å². The summed E-state index contributed by atoms with van der Waals surface area (Å²) >= 11 is 0. The summed E-state index contributed by atoms with van der Waals surface area (Å²) in [4.78, 5) is 14.3. The number of furan rings is 1. The van der Waals surface area contributed by atoms with Crippen LogP contribution < -0.4 is 0 Å². The van der Waals surface area contributed by atoms with Gasteiger partial charge in [0.15, 0.2) is 0 Å². The van der Waals surface area contributed by atoms with Crippen molar-refractivity contribution in [1.29, 1.82) is 0 Å². The molecule has 0 saturated carbocycles. The van der Waals surface area contributed by atoms with Crippen LogP contribution >= 0.6 is 0 Å². The largest absolute Gasteiger partial charge is 0.469 e. The average molecular weight is 288 g/mol. The molecule has 1 fully saturated rings. The van der Waals surface area contributed by atoms with E-state index in [1.807, 2.05) is 28.6 Å². The van der Waals surface area contributed by atoms with Crippen molar-refractivity contribution in [2.24, 2.45) is 7.05 Å². The van der Waals surface area contributed by atoms with Gasteiger partial charge in [-0.1, -0.05) is 0 Å². The fraction of sp³-hybridized carbons (Fsp3) is 0.533. The predicted octanol–water partition coefficient (Wildman–Crippen LogP) is 1.75. The topological polar surface area (TPSA) is 64.2 Å². The summed E-state index contributed by atoms with van der Waals surface area (Å²) in [6.07, 6.45) is 6.60. The normalized spacial score (nSPS) is 18.9. The van der Waals surface area contributed by atoms with E-state index in [1.165, 1.54) is 0 Å². The van der Waals surface area contributed by atoms with E-state index < -0.39 is 0 Å². The number of aryl methyl sites for hydroxylation is 2. The number of carbonyl (C=O) groups excluding carboxylic acids is 1. The van der Waals surface area contributed by atoms with Crippen LogP contribution in [0.1, 0.15) is 36.8 Å². The van der Waals surface area contributed by atoms with Crippen molar-refractivity contribution in [1.82, 2.24) is 19.7 Å². The molecule has 1 aliphatic heterocycles. The Morgan fingerprint density at radius 2 is 2.43 bits per heavy atom. The molecule has 2 aromatic heterocycles. The van der Waals surface area contributed by atoms with Crippen molar-refractivity contribution in [3.8, 4) is 0 Å². The second-order valence-electron chi connectivity index (χ2n) is 5.56. The molecule has 1 atom stereocenters. The van der Waals surface area contributed by atoms with Crippen molar-refractivity contribution < 1.29 is 9.21 Å². The molecule has 0 aromatic carbocycles. The highest BCUT2D eigenvalue weighted by Crippen LogP contribution is 2.25. The molecular weight excluding hydrogens is 268 g/mol. The van der Waals surface area contributed by atoms with Gasteiger partial charge in [0, 0.05) is 38.9 Å². The summed E-state index contributed by atoms with van der Waals surface area (Å²) in [7, 11) is 1.95. The Labute approximate surface area is 123 Å². The predicted molar refractivity (Wildman–Crippen MR) is 76.6 cm³/mol.